The Balaban J connectivity index is 1.62. The molecule has 4 heterocycles. The molecule has 0 spiro atoms. The maximum absolute atomic E-state index is 4.78. The van der Waals surface area contributed by atoms with Gasteiger partial charge in [-0.05, 0) is 18.2 Å². The Morgan fingerprint density at radius 1 is 1.08 bits per heavy atom. The minimum atomic E-state index is 0.784. The number of aromatic amines is 1. The number of nitrogens with one attached hydrogen (secondary N) is 1. The maximum atomic E-state index is 4.78. The molecule has 1 N–H and O–H groups in total. The third-order valence-corrected chi connectivity index (χ3v) is 5.22. The number of aromatic nitrogens is 6. The van der Waals surface area contributed by atoms with Gasteiger partial charge in [-0.25, -0.2) is 9.97 Å². The molecule has 7 nitrogen and oxygen atoms in total. The lowest BCUT2D eigenvalue weighted by Gasteiger charge is -2.26. The van der Waals surface area contributed by atoms with Crippen LogP contribution in [0.5, 0.6) is 0 Å². The molecule has 0 radical (unpaired) electrons. The summed E-state index contributed by atoms with van der Waals surface area (Å²) in [7, 11) is 0. The number of anilines is 1. The van der Waals surface area contributed by atoms with Crippen molar-refractivity contribution in [1.82, 2.24) is 29.7 Å². The fourth-order valence-corrected chi connectivity index (χ4v) is 3.88. The van der Waals surface area contributed by atoms with Crippen molar-refractivity contribution in [1.29, 1.82) is 0 Å². The predicted molar refractivity (Wildman–Crippen MR) is 95.8 cm³/mol. The molecule has 1 saturated heterocycles. The van der Waals surface area contributed by atoms with Crippen LogP contribution in [0.3, 0.4) is 0 Å². The van der Waals surface area contributed by atoms with E-state index >= 15 is 0 Å². The quantitative estimate of drug-likeness (QED) is 0.605. The summed E-state index contributed by atoms with van der Waals surface area (Å²) in [4.78, 5) is 16.0. The highest BCUT2D eigenvalue weighted by Gasteiger charge is 2.16. The number of hydrogen-bond donors (Lipinski definition) is 1. The third kappa shape index (κ3) is 2.22. The molecule has 1 aliphatic rings. The number of thioether (sulfide) groups is 1. The van der Waals surface area contributed by atoms with Gasteiger partial charge in [0.25, 0.3) is 0 Å². The highest BCUT2D eigenvalue weighted by molar-refractivity contribution is 7.99. The van der Waals surface area contributed by atoms with Gasteiger partial charge in [0, 0.05) is 30.0 Å². The van der Waals surface area contributed by atoms with E-state index in [0.29, 0.717) is 0 Å². The second-order valence-electron chi connectivity index (χ2n) is 5.73. The molecule has 0 amide bonds. The molecule has 1 fully saturated rings. The number of fused-ring (bicyclic) bond motifs is 2. The zero-order chi connectivity index (χ0) is 15.9. The van der Waals surface area contributed by atoms with Crippen LogP contribution in [-0.4, -0.2) is 54.3 Å². The second kappa shape index (κ2) is 5.48. The first kappa shape index (κ1) is 13.8. The molecule has 0 aliphatic carbocycles. The SMILES string of the molecule is c1cc2cn[nH]c2cc1-n1cnc2cnc(N3CCSCC3)nc21. The summed E-state index contributed by atoms with van der Waals surface area (Å²) < 4.78 is 2.00. The van der Waals surface area contributed by atoms with E-state index in [9.17, 15) is 0 Å². The lowest BCUT2D eigenvalue weighted by Crippen LogP contribution is -2.33. The molecular formula is C16H15N7S. The van der Waals surface area contributed by atoms with Gasteiger partial charge in [0.05, 0.1) is 23.6 Å². The highest BCUT2D eigenvalue weighted by Crippen LogP contribution is 2.22. The summed E-state index contributed by atoms with van der Waals surface area (Å²) in [5.41, 5.74) is 3.64. The third-order valence-electron chi connectivity index (χ3n) is 4.28. The van der Waals surface area contributed by atoms with Gasteiger partial charge in [0.1, 0.15) is 11.8 Å². The van der Waals surface area contributed by atoms with E-state index < -0.39 is 0 Å². The standard InChI is InChI=1S/C16H15N7S/c1-2-12(7-13-11(1)8-19-21-13)23-10-18-14-9-17-16(20-15(14)23)22-3-5-24-6-4-22/h1-2,7-10H,3-6H2,(H,19,21). The van der Waals surface area contributed by atoms with Gasteiger partial charge in [-0.1, -0.05) is 0 Å². The first-order chi connectivity index (χ1) is 11.9. The fraction of sp³-hybridized carbons (Fsp3) is 0.250. The topological polar surface area (TPSA) is 75.5 Å². The van der Waals surface area contributed by atoms with E-state index in [1.807, 2.05) is 34.8 Å². The van der Waals surface area contributed by atoms with Crippen LogP contribution in [-0.2, 0) is 0 Å². The summed E-state index contributed by atoms with van der Waals surface area (Å²) >= 11 is 1.98. The van der Waals surface area contributed by atoms with Gasteiger partial charge < -0.3 is 4.90 Å². The van der Waals surface area contributed by atoms with Crippen LogP contribution in [0.25, 0.3) is 27.8 Å². The molecule has 24 heavy (non-hydrogen) atoms. The number of H-pyrrole nitrogens is 1. The lowest BCUT2D eigenvalue weighted by molar-refractivity contribution is 0.818. The second-order valence-corrected chi connectivity index (χ2v) is 6.96. The number of rotatable bonds is 2. The van der Waals surface area contributed by atoms with Crippen LogP contribution in [0, 0.1) is 0 Å². The average molecular weight is 337 g/mol. The van der Waals surface area contributed by atoms with Crippen LogP contribution < -0.4 is 4.90 Å². The van der Waals surface area contributed by atoms with E-state index in [4.69, 9.17) is 4.98 Å². The van der Waals surface area contributed by atoms with E-state index in [1.165, 1.54) is 0 Å². The Bertz CT molecular complexity index is 1020. The van der Waals surface area contributed by atoms with Gasteiger partial charge >= 0.3 is 0 Å². The van der Waals surface area contributed by atoms with Gasteiger partial charge in [0.15, 0.2) is 5.65 Å². The molecule has 5 rings (SSSR count). The first-order valence-corrected chi connectivity index (χ1v) is 9.00. The summed E-state index contributed by atoms with van der Waals surface area (Å²) in [6, 6.07) is 6.16. The van der Waals surface area contributed by atoms with Crippen LogP contribution in [0.1, 0.15) is 0 Å². The van der Waals surface area contributed by atoms with Crippen molar-refractivity contribution in [3.05, 3.63) is 36.9 Å². The Kier molecular flexibility index (Phi) is 3.15. The van der Waals surface area contributed by atoms with Gasteiger partial charge in [-0.15, -0.1) is 0 Å². The van der Waals surface area contributed by atoms with Gasteiger partial charge in [-0.3, -0.25) is 9.67 Å². The van der Waals surface area contributed by atoms with Gasteiger partial charge in [0.2, 0.25) is 5.95 Å². The summed E-state index contributed by atoms with van der Waals surface area (Å²) in [6.45, 7) is 1.98. The molecule has 1 aromatic carbocycles. The van der Waals surface area contributed by atoms with Crippen molar-refractivity contribution in [2.75, 3.05) is 29.5 Å². The normalized spacial score (nSPS) is 15.4. The molecule has 120 valence electrons. The molecule has 4 aromatic rings. The van der Waals surface area contributed by atoms with E-state index in [-0.39, 0.29) is 0 Å². The van der Waals surface area contributed by atoms with Crippen molar-refractivity contribution in [3.63, 3.8) is 0 Å². The predicted octanol–water partition coefficient (Wildman–Crippen LogP) is 2.25. The average Bonchev–Trinajstić information content (AvgIpc) is 3.27. The summed E-state index contributed by atoms with van der Waals surface area (Å²) in [5, 5.41) is 8.17. The number of benzene rings is 1. The maximum Gasteiger partial charge on any atom is 0.227 e. The van der Waals surface area contributed by atoms with Crippen molar-refractivity contribution >= 4 is 39.8 Å². The molecule has 0 unspecified atom stereocenters. The van der Waals surface area contributed by atoms with Crippen molar-refractivity contribution in [2.45, 2.75) is 0 Å². The van der Waals surface area contributed by atoms with Crippen LogP contribution in [0.15, 0.2) is 36.9 Å². The Hall–Kier alpha value is -2.61. The van der Waals surface area contributed by atoms with Gasteiger partial charge in [-0.2, -0.15) is 21.8 Å². The first-order valence-electron chi connectivity index (χ1n) is 7.85. The Morgan fingerprint density at radius 2 is 2.00 bits per heavy atom. The Labute approximate surface area is 142 Å². The van der Waals surface area contributed by atoms with E-state index in [1.54, 1.807) is 6.33 Å². The molecule has 8 heteroatoms. The largest absolute Gasteiger partial charge is 0.339 e. The summed E-state index contributed by atoms with van der Waals surface area (Å²) in [6.07, 6.45) is 5.43. The molecule has 0 saturated carbocycles. The fourth-order valence-electron chi connectivity index (χ4n) is 2.98. The molecular weight excluding hydrogens is 322 g/mol. The van der Waals surface area contributed by atoms with Crippen LogP contribution in [0.2, 0.25) is 0 Å². The molecule has 1 aliphatic heterocycles. The zero-order valence-electron chi connectivity index (χ0n) is 12.9. The highest BCUT2D eigenvalue weighted by atomic mass is 32.2. The zero-order valence-corrected chi connectivity index (χ0v) is 13.7. The molecule has 3 aromatic heterocycles. The van der Waals surface area contributed by atoms with Crippen molar-refractivity contribution in [2.24, 2.45) is 0 Å². The minimum Gasteiger partial charge on any atom is -0.339 e. The van der Waals surface area contributed by atoms with Crippen LogP contribution in [0.4, 0.5) is 5.95 Å². The van der Waals surface area contributed by atoms with Crippen molar-refractivity contribution < 1.29 is 0 Å². The molecule has 0 atom stereocenters. The monoisotopic (exact) mass is 337 g/mol. The number of imidazole rings is 1. The lowest BCUT2D eigenvalue weighted by atomic mass is 10.2. The summed E-state index contributed by atoms with van der Waals surface area (Å²) in [5.74, 6) is 3.03. The number of nitrogens with zero attached hydrogens (tertiary/aromatic N) is 6. The van der Waals surface area contributed by atoms with Crippen LogP contribution >= 0.6 is 11.8 Å². The minimum absolute atomic E-state index is 0.784. The number of hydrogen-bond acceptors (Lipinski definition) is 6. The van der Waals surface area contributed by atoms with Crippen molar-refractivity contribution in [3.8, 4) is 5.69 Å². The molecule has 0 bridgehead atoms. The smallest absolute Gasteiger partial charge is 0.227 e. The van der Waals surface area contributed by atoms with E-state index in [2.05, 4.69) is 37.2 Å². The Morgan fingerprint density at radius 3 is 2.92 bits per heavy atom. The van der Waals surface area contributed by atoms with E-state index in [0.717, 1.165) is 58.3 Å².